The predicted octanol–water partition coefficient (Wildman–Crippen LogP) is 4.08. The van der Waals surface area contributed by atoms with Gasteiger partial charge in [0, 0.05) is 13.1 Å². The predicted molar refractivity (Wildman–Crippen MR) is 110 cm³/mol. The standard InChI is InChI=1S/C22H30N2O2S/c1-17-13-18(2)22(19(3)14-17)27(25,26)23-15-20-9-5-6-10-21(20)16-24-11-7-4-8-12-24/h5-6,9-10,13-14,23H,4,7-8,11-12,15-16H2,1-3H3. The summed E-state index contributed by atoms with van der Waals surface area (Å²) in [7, 11) is -3.55. The minimum atomic E-state index is -3.55. The van der Waals surface area contributed by atoms with Crippen molar-refractivity contribution in [2.45, 2.75) is 58.0 Å². The fraction of sp³-hybridized carbons (Fsp3) is 0.455. The maximum Gasteiger partial charge on any atom is 0.241 e. The number of nitrogens with zero attached hydrogens (tertiary/aromatic N) is 1. The van der Waals surface area contributed by atoms with Gasteiger partial charge in [0.25, 0.3) is 0 Å². The molecule has 0 atom stereocenters. The van der Waals surface area contributed by atoms with Crippen molar-refractivity contribution in [3.63, 3.8) is 0 Å². The smallest absolute Gasteiger partial charge is 0.241 e. The Morgan fingerprint density at radius 1 is 0.926 bits per heavy atom. The number of nitrogens with one attached hydrogen (secondary N) is 1. The third-order valence-electron chi connectivity index (χ3n) is 5.29. The second-order valence-electron chi connectivity index (χ2n) is 7.66. The molecule has 1 aliphatic heterocycles. The van der Waals surface area contributed by atoms with E-state index in [1.165, 1.54) is 24.8 Å². The number of likely N-dealkylation sites (tertiary alicyclic amines) is 1. The first kappa shape index (κ1) is 20.1. The van der Waals surface area contributed by atoms with Crippen LogP contribution in [-0.2, 0) is 23.1 Å². The van der Waals surface area contributed by atoms with Crippen molar-refractivity contribution in [2.75, 3.05) is 13.1 Å². The highest BCUT2D eigenvalue weighted by Gasteiger charge is 2.20. The van der Waals surface area contributed by atoms with Gasteiger partial charge in [0.15, 0.2) is 0 Å². The maximum atomic E-state index is 12.9. The van der Waals surface area contributed by atoms with Crippen LogP contribution in [-0.4, -0.2) is 26.4 Å². The molecule has 0 unspecified atom stereocenters. The molecule has 0 amide bonds. The van der Waals surface area contributed by atoms with Crippen LogP contribution in [0.3, 0.4) is 0 Å². The van der Waals surface area contributed by atoms with E-state index >= 15 is 0 Å². The average Bonchev–Trinajstić information content (AvgIpc) is 2.61. The quantitative estimate of drug-likeness (QED) is 0.814. The minimum absolute atomic E-state index is 0.319. The van der Waals surface area contributed by atoms with Crippen molar-refractivity contribution in [3.05, 3.63) is 64.2 Å². The second-order valence-corrected chi connectivity index (χ2v) is 9.36. The Kier molecular flexibility index (Phi) is 6.35. The van der Waals surface area contributed by atoms with E-state index in [2.05, 4.69) is 15.7 Å². The van der Waals surface area contributed by atoms with Gasteiger partial charge in [-0.1, -0.05) is 48.4 Å². The zero-order valence-electron chi connectivity index (χ0n) is 16.6. The summed E-state index contributed by atoms with van der Waals surface area (Å²) < 4.78 is 28.7. The topological polar surface area (TPSA) is 49.4 Å². The van der Waals surface area contributed by atoms with Crippen molar-refractivity contribution in [1.29, 1.82) is 0 Å². The van der Waals surface area contributed by atoms with Gasteiger partial charge in [-0.05, 0) is 69.0 Å². The van der Waals surface area contributed by atoms with Crippen LogP contribution < -0.4 is 4.72 Å². The number of hydrogen-bond acceptors (Lipinski definition) is 3. The SMILES string of the molecule is Cc1cc(C)c(S(=O)(=O)NCc2ccccc2CN2CCCCC2)c(C)c1. The fourth-order valence-corrected chi connectivity index (χ4v) is 5.53. The first-order valence-electron chi connectivity index (χ1n) is 9.73. The van der Waals surface area contributed by atoms with E-state index in [-0.39, 0.29) is 0 Å². The lowest BCUT2D eigenvalue weighted by atomic mass is 10.1. The van der Waals surface area contributed by atoms with Gasteiger partial charge in [-0.2, -0.15) is 0 Å². The zero-order valence-corrected chi connectivity index (χ0v) is 17.4. The molecular weight excluding hydrogens is 356 g/mol. The van der Waals surface area contributed by atoms with Crippen molar-refractivity contribution < 1.29 is 8.42 Å². The van der Waals surface area contributed by atoms with E-state index in [0.717, 1.165) is 41.9 Å². The van der Waals surface area contributed by atoms with Crippen molar-refractivity contribution in [3.8, 4) is 0 Å². The molecule has 1 N–H and O–H groups in total. The van der Waals surface area contributed by atoms with E-state index < -0.39 is 10.0 Å². The van der Waals surface area contributed by atoms with Crippen LogP contribution in [0.2, 0.25) is 0 Å². The number of hydrogen-bond donors (Lipinski definition) is 1. The summed E-state index contributed by atoms with van der Waals surface area (Å²) in [5, 5.41) is 0. The van der Waals surface area contributed by atoms with Crippen molar-refractivity contribution in [2.24, 2.45) is 0 Å². The molecule has 1 aliphatic rings. The van der Waals surface area contributed by atoms with Crippen molar-refractivity contribution >= 4 is 10.0 Å². The Balaban J connectivity index is 1.76. The summed E-state index contributed by atoms with van der Waals surface area (Å²) in [6, 6.07) is 12.0. The Hall–Kier alpha value is -1.69. The average molecular weight is 387 g/mol. The van der Waals surface area contributed by atoms with E-state index in [1.807, 2.05) is 51.1 Å². The second kappa shape index (κ2) is 8.55. The molecule has 5 heteroatoms. The number of piperidine rings is 1. The molecule has 2 aromatic carbocycles. The molecule has 4 nitrogen and oxygen atoms in total. The largest absolute Gasteiger partial charge is 0.299 e. The molecule has 2 aromatic rings. The first-order chi connectivity index (χ1) is 12.9. The molecule has 0 radical (unpaired) electrons. The Bertz CT molecular complexity index is 877. The Labute approximate surface area is 163 Å². The van der Waals surface area contributed by atoms with E-state index in [1.54, 1.807) is 0 Å². The lowest BCUT2D eigenvalue weighted by molar-refractivity contribution is 0.220. The van der Waals surface area contributed by atoms with Crippen LogP contribution in [0.25, 0.3) is 0 Å². The summed E-state index contributed by atoms with van der Waals surface area (Å²) in [4.78, 5) is 2.87. The van der Waals surface area contributed by atoms with Crippen LogP contribution in [0.4, 0.5) is 0 Å². The van der Waals surface area contributed by atoms with Crippen molar-refractivity contribution in [1.82, 2.24) is 9.62 Å². The van der Waals surface area contributed by atoms with Gasteiger partial charge in [-0.25, -0.2) is 13.1 Å². The van der Waals surface area contributed by atoms with Gasteiger partial charge >= 0.3 is 0 Å². The lowest BCUT2D eigenvalue weighted by Gasteiger charge is -2.27. The molecule has 0 bridgehead atoms. The lowest BCUT2D eigenvalue weighted by Crippen LogP contribution is -2.30. The van der Waals surface area contributed by atoms with Gasteiger partial charge in [-0.15, -0.1) is 0 Å². The molecule has 1 fully saturated rings. The molecular formula is C22H30N2O2S. The zero-order chi connectivity index (χ0) is 19.4. The van der Waals surface area contributed by atoms with Crippen LogP contribution in [0.5, 0.6) is 0 Å². The highest BCUT2D eigenvalue weighted by Crippen LogP contribution is 2.22. The Morgan fingerprint density at radius 2 is 1.52 bits per heavy atom. The molecule has 0 aliphatic carbocycles. The molecule has 146 valence electrons. The Morgan fingerprint density at radius 3 is 2.15 bits per heavy atom. The van der Waals surface area contributed by atoms with Gasteiger partial charge < -0.3 is 0 Å². The van der Waals surface area contributed by atoms with Gasteiger partial charge in [0.05, 0.1) is 4.90 Å². The highest BCUT2D eigenvalue weighted by molar-refractivity contribution is 7.89. The molecule has 3 rings (SSSR count). The van der Waals surface area contributed by atoms with Gasteiger partial charge in [-0.3, -0.25) is 4.90 Å². The highest BCUT2D eigenvalue weighted by atomic mass is 32.2. The monoisotopic (exact) mass is 386 g/mol. The fourth-order valence-electron chi connectivity index (χ4n) is 4.08. The number of aryl methyl sites for hydroxylation is 3. The molecule has 27 heavy (non-hydrogen) atoms. The summed E-state index contributed by atoms with van der Waals surface area (Å²) in [5.74, 6) is 0. The molecule has 0 saturated carbocycles. The third-order valence-corrected chi connectivity index (χ3v) is 6.99. The summed E-state index contributed by atoms with van der Waals surface area (Å²) in [6.07, 6.45) is 3.81. The molecule has 0 aromatic heterocycles. The minimum Gasteiger partial charge on any atom is -0.299 e. The van der Waals surface area contributed by atoms with Crippen LogP contribution in [0.15, 0.2) is 41.3 Å². The number of rotatable bonds is 6. The van der Waals surface area contributed by atoms with Gasteiger partial charge in [0.2, 0.25) is 10.0 Å². The van der Waals surface area contributed by atoms with E-state index in [4.69, 9.17) is 0 Å². The summed E-state index contributed by atoms with van der Waals surface area (Å²) >= 11 is 0. The first-order valence-corrected chi connectivity index (χ1v) is 11.2. The van der Waals surface area contributed by atoms with E-state index in [0.29, 0.717) is 11.4 Å². The normalized spacial score (nSPS) is 15.8. The third kappa shape index (κ3) is 4.98. The summed E-state index contributed by atoms with van der Waals surface area (Å²) in [6.45, 7) is 9.17. The molecule has 1 heterocycles. The van der Waals surface area contributed by atoms with Crippen LogP contribution in [0, 0.1) is 20.8 Å². The number of sulfonamides is 1. The van der Waals surface area contributed by atoms with Gasteiger partial charge in [0.1, 0.15) is 0 Å². The summed E-state index contributed by atoms with van der Waals surface area (Å²) in [5.41, 5.74) is 4.92. The maximum absolute atomic E-state index is 12.9. The van der Waals surface area contributed by atoms with Crippen LogP contribution >= 0.6 is 0 Å². The van der Waals surface area contributed by atoms with Crippen LogP contribution in [0.1, 0.15) is 47.1 Å². The molecule has 1 saturated heterocycles. The molecule has 0 spiro atoms. The van der Waals surface area contributed by atoms with E-state index in [9.17, 15) is 8.42 Å². The number of benzene rings is 2.